The molecular weight excluding hydrogens is 234 g/mol. The van der Waals surface area contributed by atoms with Gasteiger partial charge in [-0.25, -0.2) is 0 Å². The molecule has 0 aromatic heterocycles. The lowest BCUT2D eigenvalue weighted by atomic mass is 9.81. The molecule has 2 nitrogen and oxygen atoms in total. The largest absolute Gasteiger partial charge is 0.338 e. The standard InChI is InChI=1S/C14H24ClNO/c1-2-14(8-4-5-9-14)13(17)16-10-6-3-7-12(16)11-15/h12H,2-11H2,1H3. The molecule has 1 atom stereocenters. The highest BCUT2D eigenvalue weighted by atomic mass is 35.5. The molecule has 1 saturated heterocycles. The van der Waals surface area contributed by atoms with E-state index in [1.54, 1.807) is 0 Å². The third kappa shape index (κ3) is 2.47. The van der Waals surface area contributed by atoms with Gasteiger partial charge < -0.3 is 4.90 Å². The van der Waals surface area contributed by atoms with Gasteiger partial charge in [0.05, 0.1) is 0 Å². The van der Waals surface area contributed by atoms with Crippen LogP contribution in [0.3, 0.4) is 0 Å². The van der Waals surface area contributed by atoms with Gasteiger partial charge in [-0.1, -0.05) is 19.8 Å². The van der Waals surface area contributed by atoms with Crippen LogP contribution in [0.1, 0.15) is 58.3 Å². The zero-order valence-corrected chi connectivity index (χ0v) is 11.6. The van der Waals surface area contributed by atoms with Crippen molar-refractivity contribution in [2.75, 3.05) is 12.4 Å². The van der Waals surface area contributed by atoms with Crippen molar-refractivity contribution >= 4 is 17.5 Å². The predicted octanol–water partition coefficient (Wildman–Crippen LogP) is 3.58. The fraction of sp³-hybridized carbons (Fsp3) is 0.929. The van der Waals surface area contributed by atoms with Gasteiger partial charge in [0, 0.05) is 23.9 Å². The van der Waals surface area contributed by atoms with Gasteiger partial charge in [-0.2, -0.15) is 0 Å². The Morgan fingerprint density at radius 3 is 2.59 bits per heavy atom. The molecule has 1 aliphatic heterocycles. The number of hydrogen-bond donors (Lipinski definition) is 0. The molecule has 1 saturated carbocycles. The third-order valence-electron chi connectivity index (χ3n) is 4.76. The Bertz CT molecular complexity index is 273. The Hall–Kier alpha value is -0.240. The van der Waals surface area contributed by atoms with E-state index in [9.17, 15) is 4.79 Å². The minimum Gasteiger partial charge on any atom is -0.338 e. The number of alkyl halides is 1. The first-order valence-corrected chi connectivity index (χ1v) is 7.64. The van der Waals surface area contributed by atoms with Crippen LogP contribution < -0.4 is 0 Å². The van der Waals surface area contributed by atoms with E-state index in [-0.39, 0.29) is 5.41 Å². The molecule has 1 amide bonds. The fourth-order valence-corrected chi connectivity index (χ4v) is 3.82. The lowest BCUT2D eigenvalue weighted by Gasteiger charge is -2.40. The van der Waals surface area contributed by atoms with Crippen LogP contribution in [0.15, 0.2) is 0 Å². The van der Waals surface area contributed by atoms with Crippen LogP contribution in [-0.4, -0.2) is 29.3 Å². The van der Waals surface area contributed by atoms with Crippen molar-refractivity contribution in [3.8, 4) is 0 Å². The molecule has 1 aliphatic carbocycles. The van der Waals surface area contributed by atoms with Gasteiger partial charge in [-0.3, -0.25) is 4.79 Å². The second-order valence-corrected chi connectivity index (χ2v) is 5.95. The number of rotatable bonds is 3. The molecule has 0 radical (unpaired) electrons. The summed E-state index contributed by atoms with van der Waals surface area (Å²) in [4.78, 5) is 14.9. The maximum absolute atomic E-state index is 12.8. The van der Waals surface area contributed by atoms with Gasteiger partial charge in [0.15, 0.2) is 0 Å². The summed E-state index contributed by atoms with van der Waals surface area (Å²) in [6.45, 7) is 3.10. The van der Waals surface area contributed by atoms with Crippen LogP contribution in [0.5, 0.6) is 0 Å². The van der Waals surface area contributed by atoms with Gasteiger partial charge in [0.2, 0.25) is 5.91 Å². The average molecular weight is 258 g/mol. The van der Waals surface area contributed by atoms with Crippen molar-refractivity contribution in [1.29, 1.82) is 0 Å². The number of likely N-dealkylation sites (tertiary alicyclic amines) is 1. The molecule has 2 rings (SSSR count). The van der Waals surface area contributed by atoms with Crippen LogP contribution in [-0.2, 0) is 4.79 Å². The maximum Gasteiger partial charge on any atom is 0.229 e. The zero-order valence-electron chi connectivity index (χ0n) is 10.9. The van der Waals surface area contributed by atoms with Gasteiger partial charge in [-0.05, 0) is 38.5 Å². The summed E-state index contributed by atoms with van der Waals surface area (Å²) >= 11 is 6.02. The Balaban J connectivity index is 2.11. The van der Waals surface area contributed by atoms with Crippen molar-refractivity contribution in [3.05, 3.63) is 0 Å². The summed E-state index contributed by atoms with van der Waals surface area (Å²) in [6.07, 6.45) is 9.09. The molecule has 17 heavy (non-hydrogen) atoms. The van der Waals surface area contributed by atoms with Crippen molar-refractivity contribution < 1.29 is 4.79 Å². The predicted molar refractivity (Wildman–Crippen MR) is 71.3 cm³/mol. The SMILES string of the molecule is CCC1(C(=O)N2CCCCC2CCl)CCCC1. The fourth-order valence-electron chi connectivity index (χ4n) is 3.50. The zero-order chi connectivity index (χ0) is 12.3. The van der Waals surface area contributed by atoms with Crippen molar-refractivity contribution in [3.63, 3.8) is 0 Å². The van der Waals surface area contributed by atoms with E-state index in [0.29, 0.717) is 17.8 Å². The molecule has 0 aromatic carbocycles. The molecule has 0 N–H and O–H groups in total. The first kappa shape index (κ1) is 13.2. The Labute approximate surface area is 110 Å². The molecule has 0 bridgehead atoms. The Kier molecular flexibility index (Phi) is 4.35. The molecule has 98 valence electrons. The van der Waals surface area contributed by atoms with Gasteiger partial charge in [0.1, 0.15) is 0 Å². The number of nitrogens with zero attached hydrogens (tertiary/aromatic N) is 1. The van der Waals surface area contributed by atoms with E-state index in [2.05, 4.69) is 11.8 Å². The molecule has 1 unspecified atom stereocenters. The average Bonchev–Trinajstić information content (AvgIpc) is 2.88. The Morgan fingerprint density at radius 2 is 2.00 bits per heavy atom. The van der Waals surface area contributed by atoms with E-state index < -0.39 is 0 Å². The number of hydrogen-bond acceptors (Lipinski definition) is 1. The van der Waals surface area contributed by atoms with Gasteiger partial charge >= 0.3 is 0 Å². The summed E-state index contributed by atoms with van der Waals surface area (Å²) in [5.41, 5.74) is -0.0400. The van der Waals surface area contributed by atoms with Crippen molar-refractivity contribution in [2.24, 2.45) is 5.41 Å². The third-order valence-corrected chi connectivity index (χ3v) is 5.11. The minimum absolute atomic E-state index is 0.0400. The van der Waals surface area contributed by atoms with Crippen LogP contribution in [0.2, 0.25) is 0 Å². The normalized spacial score (nSPS) is 28.4. The molecular formula is C14H24ClNO. The first-order valence-electron chi connectivity index (χ1n) is 7.10. The smallest absolute Gasteiger partial charge is 0.229 e. The number of carbonyl (C=O) groups excluding carboxylic acids is 1. The summed E-state index contributed by atoms with van der Waals surface area (Å²) in [5, 5.41) is 0. The van der Waals surface area contributed by atoms with Gasteiger partial charge in [0.25, 0.3) is 0 Å². The summed E-state index contributed by atoms with van der Waals surface area (Å²) in [6, 6.07) is 0.293. The summed E-state index contributed by atoms with van der Waals surface area (Å²) in [5.74, 6) is 1.01. The second-order valence-electron chi connectivity index (χ2n) is 5.64. The number of piperidine rings is 1. The second kappa shape index (κ2) is 5.60. The number of carbonyl (C=O) groups is 1. The highest BCUT2D eigenvalue weighted by Gasteiger charge is 2.43. The topological polar surface area (TPSA) is 20.3 Å². The first-order chi connectivity index (χ1) is 8.23. The quantitative estimate of drug-likeness (QED) is 0.708. The van der Waals surface area contributed by atoms with E-state index in [0.717, 1.165) is 38.6 Å². The molecule has 3 heteroatoms. The Morgan fingerprint density at radius 1 is 1.29 bits per heavy atom. The monoisotopic (exact) mass is 257 g/mol. The highest BCUT2D eigenvalue weighted by Crippen LogP contribution is 2.43. The number of halogens is 1. The lowest BCUT2D eigenvalue weighted by Crippen LogP contribution is -2.50. The maximum atomic E-state index is 12.8. The molecule has 2 aliphatic rings. The van der Waals surface area contributed by atoms with E-state index >= 15 is 0 Å². The van der Waals surface area contributed by atoms with Crippen LogP contribution in [0, 0.1) is 5.41 Å². The molecule has 0 spiro atoms. The molecule has 2 fully saturated rings. The van der Waals surface area contributed by atoms with E-state index in [4.69, 9.17) is 11.6 Å². The van der Waals surface area contributed by atoms with Crippen LogP contribution in [0.25, 0.3) is 0 Å². The summed E-state index contributed by atoms with van der Waals surface area (Å²) in [7, 11) is 0. The van der Waals surface area contributed by atoms with Gasteiger partial charge in [-0.15, -0.1) is 11.6 Å². The summed E-state index contributed by atoms with van der Waals surface area (Å²) < 4.78 is 0. The highest BCUT2D eigenvalue weighted by molar-refractivity contribution is 6.18. The van der Waals surface area contributed by atoms with Crippen molar-refractivity contribution in [1.82, 2.24) is 4.90 Å². The minimum atomic E-state index is -0.0400. The molecule has 1 heterocycles. The number of amides is 1. The van der Waals surface area contributed by atoms with E-state index in [1.807, 2.05) is 0 Å². The molecule has 0 aromatic rings. The lowest BCUT2D eigenvalue weighted by molar-refractivity contribution is -0.145. The van der Waals surface area contributed by atoms with Crippen molar-refractivity contribution in [2.45, 2.75) is 64.3 Å². The van der Waals surface area contributed by atoms with Crippen LogP contribution >= 0.6 is 11.6 Å². The van der Waals surface area contributed by atoms with E-state index in [1.165, 1.54) is 19.3 Å². The van der Waals surface area contributed by atoms with Crippen LogP contribution in [0.4, 0.5) is 0 Å².